The van der Waals surface area contributed by atoms with Gasteiger partial charge in [0.25, 0.3) is 0 Å². The summed E-state index contributed by atoms with van der Waals surface area (Å²) in [5, 5.41) is 7.37. The van der Waals surface area contributed by atoms with Gasteiger partial charge in [0.05, 0.1) is 0 Å². The Morgan fingerprint density at radius 3 is 2.33 bits per heavy atom. The fourth-order valence-electron chi connectivity index (χ4n) is 4.19. The van der Waals surface area contributed by atoms with Gasteiger partial charge >= 0.3 is 0 Å². The van der Waals surface area contributed by atoms with Gasteiger partial charge < -0.3 is 4.90 Å². The first-order valence-electron chi connectivity index (χ1n) is 10.4. The topological polar surface area (TPSA) is 53.9 Å². The Balaban J connectivity index is 1.33. The van der Waals surface area contributed by atoms with Crippen LogP contribution in [0.15, 0.2) is 48.5 Å². The zero-order chi connectivity index (χ0) is 20.7. The van der Waals surface area contributed by atoms with Crippen LogP contribution in [-0.2, 0) is 11.3 Å². The van der Waals surface area contributed by atoms with Gasteiger partial charge in [-0.1, -0.05) is 36.4 Å². The van der Waals surface area contributed by atoms with Crippen molar-refractivity contribution in [2.24, 2.45) is 11.8 Å². The molecule has 1 aliphatic carbocycles. The van der Waals surface area contributed by atoms with Crippen molar-refractivity contribution in [2.45, 2.75) is 25.8 Å². The second-order valence-electron chi connectivity index (χ2n) is 8.26. The Hall–Kier alpha value is -2.80. The first kappa shape index (κ1) is 19.2. The molecule has 1 saturated carbocycles. The summed E-state index contributed by atoms with van der Waals surface area (Å²) >= 11 is 5.48. The summed E-state index contributed by atoms with van der Waals surface area (Å²) < 4.78 is 15.8. The second-order valence-corrected chi connectivity index (χ2v) is 8.65. The molecule has 5 rings (SSSR count). The van der Waals surface area contributed by atoms with Gasteiger partial charge in [-0.2, -0.15) is 5.10 Å². The Kier molecular flexibility index (Phi) is 4.98. The van der Waals surface area contributed by atoms with E-state index in [1.807, 2.05) is 33.7 Å². The molecule has 5 nitrogen and oxygen atoms in total. The third kappa shape index (κ3) is 3.81. The summed E-state index contributed by atoms with van der Waals surface area (Å²) in [5.41, 5.74) is 2.95. The Morgan fingerprint density at radius 2 is 1.67 bits per heavy atom. The summed E-state index contributed by atoms with van der Waals surface area (Å²) in [6.07, 6.45) is 3.09. The minimum absolute atomic E-state index is 0.241. The van der Waals surface area contributed by atoms with E-state index in [4.69, 9.17) is 12.2 Å². The van der Waals surface area contributed by atoms with E-state index < -0.39 is 0 Å². The van der Waals surface area contributed by atoms with Gasteiger partial charge in [0.2, 0.25) is 5.91 Å². The summed E-state index contributed by atoms with van der Waals surface area (Å²) in [6.45, 7) is 2.39. The number of aromatic nitrogens is 3. The number of hydrogen-bond acceptors (Lipinski definition) is 3. The molecule has 1 N–H and O–H groups in total. The van der Waals surface area contributed by atoms with Gasteiger partial charge in [0.15, 0.2) is 10.6 Å². The minimum atomic E-state index is -0.241. The van der Waals surface area contributed by atoms with Crippen LogP contribution in [0.5, 0.6) is 0 Å². The average Bonchev–Trinajstić information content (AvgIpc) is 3.41. The number of H-pyrrole nitrogens is 1. The van der Waals surface area contributed by atoms with Gasteiger partial charge in [-0.05, 0) is 60.7 Å². The fraction of sp³-hybridized carbons (Fsp3) is 0.348. The lowest BCUT2D eigenvalue weighted by molar-refractivity contribution is -0.131. The van der Waals surface area contributed by atoms with E-state index >= 15 is 0 Å². The molecule has 30 heavy (non-hydrogen) atoms. The van der Waals surface area contributed by atoms with E-state index in [0.717, 1.165) is 61.4 Å². The average molecular weight is 423 g/mol. The third-order valence-electron chi connectivity index (χ3n) is 6.04. The zero-order valence-electron chi connectivity index (χ0n) is 16.6. The number of carbonyl (C=O) groups excluding carboxylic acids is 1. The normalized spacial score (nSPS) is 18.7. The van der Waals surface area contributed by atoms with Crippen molar-refractivity contribution in [3.63, 3.8) is 0 Å². The molecule has 2 aliphatic rings. The summed E-state index contributed by atoms with van der Waals surface area (Å²) in [4.78, 5) is 14.4. The molecule has 7 heteroatoms. The van der Waals surface area contributed by atoms with Crippen LogP contribution in [0.4, 0.5) is 4.39 Å². The van der Waals surface area contributed by atoms with E-state index in [9.17, 15) is 9.18 Å². The van der Waals surface area contributed by atoms with E-state index in [2.05, 4.69) is 10.2 Å². The highest BCUT2D eigenvalue weighted by Crippen LogP contribution is 2.33. The van der Waals surface area contributed by atoms with Crippen LogP contribution >= 0.6 is 12.2 Å². The van der Waals surface area contributed by atoms with Gasteiger partial charge in [0, 0.05) is 31.1 Å². The molecule has 1 saturated heterocycles. The van der Waals surface area contributed by atoms with Crippen LogP contribution in [0, 0.1) is 22.4 Å². The molecule has 1 aliphatic heterocycles. The first-order valence-corrected chi connectivity index (χ1v) is 10.8. The number of likely N-dealkylation sites (tertiary alicyclic amines) is 1. The molecule has 0 unspecified atom stereocenters. The fourth-order valence-corrected chi connectivity index (χ4v) is 4.40. The number of carbonyl (C=O) groups is 1. The molecule has 2 fully saturated rings. The van der Waals surface area contributed by atoms with Crippen molar-refractivity contribution in [1.82, 2.24) is 19.7 Å². The van der Waals surface area contributed by atoms with Crippen molar-refractivity contribution in [3.8, 4) is 22.5 Å². The van der Waals surface area contributed by atoms with Crippen LogP contribution in [-0.4, -0.2) is 38.7 Å². The van der Waals surface area contributed by atoms with Gasteiger partial charge in [-0.25, -0.2) is 4.39 Å². The highest BCUT2D eigenvalue weighted by Gasteiger charge is 2.36. The van der Waals surface area contributed by atoms with Crippen molar-refractivity contribution >= 4 is 18.1 Å². The summed E-state index contributed by atoms with van der Waals surface area (Å²) in [6, 6.07) is 14.5. The van der Waals surface area contributed by atoms with Crippen LogP contribution in [0.25, 0.3) is 22.5 Å². The van der Waals surface area contributed by atoms with E-state index in [0.29, 0.717) is 16.6 Å². The maximum absolute atomic E-state index is 13.2. The highest BCUT2D eigenvalue weighted by atomic mass is 32.1. The van der Waals surface area contributed by atoms with Crippen LogP contribution in [0.3, 0.4) is 0 Å². The van der Waals surface area contributed by atoms with E-state index in [-0.39, 0.29) is 11.7 Å². The molecule has 1 atom stereocenters. The van der Waals surface area contributed by atoms with Crippen molar-refractivity contribution in [1.29, 1.82) is 0 Å². The molecule has 0 radical (unpaired) electrons. The van der Waals surface area contributed by atoms with Gasteiger partial charge in [-0.3, -0.25) is 14.5 Å². The Bertz CT molecular complexity index is 1120. The molecule has 0 bridgehead atoms. The quantitative estimate of drug-likeness (QED) is 0.608. The number of rotatable bonds is 5. The van der Waals surface area contributed by atoms with Crippen LogP contribution < -0.4 is 0 Å². The lowest BCUT2D eigenvalue weighted by Crippen LogP contribution is -2.30. The molecule has 1 aromatic heterocycles. The SMILES string of the molecule is O=C(C1CC1)N1CC[C@@H](Cn2c(-c3ccc(-c4ccc(F)cc4)cc3)n[nH]c2=S)C1. The van der Waals surface area contributed by atoms with Crippen LogP contribution in [0.2, 0.25) is 0 Å². The number of hydrogen-bond donors (Lipinski definition) is 1. The summed E-state index contributed by atoms with van der Waals surface area (Å²) in [7, 11) is 0. The van der Waals surface area contributed by atoms with Crippen LogP contribution in [0.1, 0.15) is 19.3 Å². The molecule has 2 heterocycles. The maximum Gasteiger partial charge on any atom is 0.225 e. The molecule has 0 spiro atoms. The number of amides is 1. The highest BCUT2D eigenvalue weighted by molar-refractivity contribution is 7.71. The predicted octanol–water partition coefficient (Wildman–Crippen LogP) is 4.67. The molecular weight excluding hydrogens is 399 g/mol. The maximum atomic E-state index is 13.2. The van der Waals surface area contributed by atoms with Crippen molar-refractivity contribution in [2.75, 3.05) is 13.1 Å². The van der Waals surface area contributed by atoms with Crippen molar-refractivity contribution in [3.05, 3.63) is 59.1 Å². The molecule has 2 aromatic carbocycles. The number of benzene rings is 2. The van der Waals surface area contributed by atoms with E-state index in [1.54, 1.807) is 12.1 Å². The standard InChI is InChI=1S/C23H23FN4OS/c24-20-9-7-17(8-10-20)16-1-3-18(4-2-16)21-25-26-23(30)28(21)14-15-11-12-27(13-15)22(29)19-5-6-19/h1-4,7-10,15,19H,5-6,11-14H2,(H,26,30)/t15-/m1/s1. The first-order chi connectivity index (χ1) is 14.6. The van der Waals surface area contributed by atoms with E-state index in [1.165, 1.54) is 12.1 Å². The van der Waals surface area contributed by atoms with Gasteiger partial charge in [-0.15, -0.1) is 0 Å². The smallest absolute Gasteiger partial charge is 0.225 e. The molecule has 154 valence electrons. The zero-order valence-corrected chi connectivity index (χ0v) is 17.4. The monoisotopic (exact) mass is 422 g/mol. The summed E-state index contributed by atoms with van der Waals surface area (Å²) in [5.74, 6) is 1.54. The number of nitrogens with zero attached hydrogens (tertiary/aromatic N) is 3. The molecule has 3 aromatic rings. The minimum Gasteiger partial charge on any atom is -0.342 e. The molecular formula is C23H23FN4OS. The van der Waals surface area contributed by atoms with Crippen molar-refractivity contribution < 1.29 is 9.18 Å². The number of aromatic amines is 1. The third-order valence-corrected chi connectivity index (χ3v) is 6.36. The molecule has 1 amide bonds. The Morgan fingerprint density at radius 1 is 1.03 bits per heavy atom. The largest absolute Gasteiger partial charge is 0.342 e. The number of halogens is 1. The predicted molar refractivity (Wildman–Crippen MR) is 116 cm³/mol. The Labute approximate surface area is 179 Å². The lowest BCUT2D eigenvalue weighted by atomic mass is 10.0. The number of nitrogens with one attached hydrogen (secondary N) is 1. The second kappa shape index (κ2) is 7.80. The lowest BCUT2D eigenvalue weighted by Gasteiger charge is -2.17. The van der Waals surface area contributed by atoms with Gasteiger partial charge in [0.1, 0.15) is 5.82 Å².